The highest BCUT2D eigenvalue weighted by Gasteiger charge is 2.37. The lowest BCUT2D eigenvalue weighted by molar-refractivity contribution is 0.0558. The maximum atomic E-state index is 10.4. The van der Waals surface area contributed by atoms with Gasteiger partial charge in [-0.05, 0) is 18.4 Å². The van der Waals surface area contributed by atoms with Gasteiger partial charge in [-0.25, -0.2) is 0 Å². The van der Waals surface area contributed by atoms with Crippen LogP contribution in [0.15, 0.2) is 30.3 Å². The van der Waals surface area contributed by atoms with E-state index in [2.05, 4.69) is 12.2 Å². The van der Waals surface area contributed by atoms with Crippen molar-refractivity contribution < 1.29 is 5.11 Å². The first kappa shape index (κ1) is 9.69. The fourth-order valence-corrected chi connectivity index (χ4v) is 2.12. The van der Waals surface area contributed by atoms with Crippen molar-refractivity contribution in [3.8, 4) is 0 Å². The number of nitrogens with one attached hydrogen (secondary N) is 1. The largest absolute Gasteiger partial charge is 0.384 e. The van der Waals surface area contributed by atoms with Gasteiger partial charge in [-0.3, -0.25) is 0 Å². The molecule has 1 aliphatic rings. The molecule has 2 nitrogen and oxygen atoms in total. The second-order valence-corrected chi connectivity index (χ2v) is 4.09. The van der Waals surface area contributed by atoms with Gasteiger partial charge >= 0.3 is 0 Å². The van der Waals surface area contributed by atoms with Crippen LogP contribution in [-0.2, 0) is 5.60 Å². The molecule has 2 unspecified atom stereocenters. The summed E-state index contributed by atoms with van der Waals surface area (Å²) in [5.74, 6) is 0. The first-order chi connectivity index (χ1) is 6.74. The van der Waals surface area contributed by atoms with Crippen molar-refractivity contribution in [2.45, 2.75) is 31.4 Å². The highest BCUT2D eigenvalue weighted by Crippen LogP contribution is 2.31. The van der Waals surface area contributed by atoms with Gasteiger partial charge in [-0.15, -0.1) is 0 Å². The molecular formula is C12H17NO. The zero-order valence-corrected chi connectivity index (χ0v) is 8.53. The van der Waals surface area contributed by atoms with E-state index in [0.717, 1.165) is 18.4 Å². The first-order valence-corrected chi connectivity index (χ1v) is 5.26. The van der Waals surface area contributed by atoms with Crippen molar-refractivity contribution in [1.29, 1.82) is 0 Å². The summed E-state index contributed by atoms with van der Waals surface area (Å²) in [6.07, 6.45) is 1.91. The Labute approximate surface area is 85.0 Å². The molecular weight excluding hydrogens is 174 g/mol. The number of aliphatic hydroxyl groups is 1. The van der Waals surface area contributed by atoms with Crippen LogP contribution < -0.4 is 5.32 Å². The summed E-state index contributed by atoms with van der Waals surface area (Å²) in [7, 11) is 0. The maximum Gasteiger partial charge on any atom is 0.103 e. The van der Waals surface area contributed by atoms with E-state index in [4.69, 9.17) is 0 Å². The molecule has 0 bridgehead atoms. The van der Waals surface area contributed by atoms with Crippen molar-refractivity contribution in [2.75, 3.05) is 6.54 Å². The van der Waals surface area contributed by atoms with Gasteiger partial charge < -0.3 is 10.4 Å². The minimum absolute atomic E-state index is 0.459. The molecule has 1 saturated heterocycles. The van der Waals surface area contributed by atoms with Crippen molar-refractivity contribution in [3.05, 3.63) is 35.9 Å². The Morgan fingerprint density at radius 3 is 2.71 bits per heavy atom. The molecule has 0 radical (unpaired) electrons. The molecule has 1 heterocycles. The van der Waals surface area contributed by atoms with Gasteiger partial charge in [0.25, 0.3) is 0 Å². The van der Waals surface area contributed by atoms with Crippen LogP contribution in [0.4, 0.5) is 0 Å². The van der Waals surface area contributed by atoms with Crippen LogP contribution in [0.3, 0.4) is 0 Å². The van der Waals surface area contributed by atoms with E-state index in [1.807, 2.05) is 30.3 Å². The number of hydrogen-bond acceptors (Lipinski definition) is 2. The smallest absolute Gasteiger partial charge is 0.103 e. The minimum Gasteiger partial charge on any atom is -0.384 e. The molecule has 0 amide bonds. The zero-order chi connectivity index (χ0) is 10.0. The summed E-state index contributed by atoms with van der Waals surface area (Å²) >= 11 is 0. The molecule has 0 spiro atoms. The highest BCUT2D eigenvalue weighted by atomic mass is 16.3. The topological polar surface area (TPSA) is 32.3 Å². The Bertz CT molecular complexity index is 298. The van der Waals surface area contributed by atoms with Crippen LogP contribution in [0.25, 0.3) is 0 Å². The average molecular weight is 191 g/mol. The predicted molar refractivity (Wildman–Crippen MR) is 57.0 cm³/mol. The lowest BCUT2D eigenvalue weighted by atomic mass is 9.91. The van der Waals surface area contributed by atoms with Gasteiger partial charge in [0.05, 0.1) is 0 Å². The molecule has 1 aromatic carbocycles. The monoisotopic (exact) mass is 191 g/mol. The minimum atomic E-state index is -0.651. The summed E-state index contributed by atoms with van der Waals surface area (Å²) in [5, 5.41) is 13.7. The Hall–Kier alpha value is -0.860. The molecule has 1 aromatic rings. The lowest BCUT2D eigenvalue weighted by Crippen LogP contribution is -2.28. The van der Waals surface area contributed by atoms with Gasteiger partial charge in [0, 0.05) is 12.6 Å². The summed E-state index contributed by atoms with van der Waals surface area (Å²) in [6, 6.07) is 10.4. The third kappa shape index (κ3) is 1.68. The number of β-amino-alcohol motifs (C(OH)–C–C–N with tert-alkyl or cyclic N) is 1. The van der Waals surface area contributed by atoms with E-state index >= 15 is 0 Å². The normalized spacial score (nSPS) is 32.0. The predicted octanol–water partition coefficient (Wildman–Crippen LogP) is 1.65. The Morgan fingerprint density at radius 1 is 1.43 bits per heavy atom. The molecule has 76 valence electrons. The van der Waals surface area contributed by atoms with Gasteiger partial charge in [-0.1, -0.05) is 37.3 Å². The fraction of sp³-hybridized carbons (Fsp3) is 0.500. The average Bonchev–Trinajstić information content (AvgIpc) is 2.63. The number of benzene rings is 1. The van der Waals surface area contributed by atoms with E-state index in [0.29, 0.717) is 12.6 Å². The van der Waals surface area contributed by atoms with Gasteiger partial charge in [0.2, 0.25) is 0 Å². The molecule has 14 heavy (non-hydrogen) atoms. The molecule has 2 atom stereocenters. The lowest BCUT2D eigenvalue weighted by Gasteiger charge is -2.22. The van der Waals surface area contributed by atoms with E-state index in [-0.39, 0.29) is 0 Å². The third-order valence-corrected chi connectivity index (χ3v) is 3.07. The Kier molecular flexibility index (Phi) is 2.57. The SMILES string of the molecule is CCC1CC(O)(c2ccccc2)CN1. The van der Waals surface area contributed by atoms with Gasteiger partial charge in [-0.2, -0.15) is 0 Å². The molecule has 0 aliphatic carbocycles. The standard InChI is InChI=1S/C12H17NO/c1-2-11-8-12(14,9-13-11)10-6-4-3-5-7-10/h3-7,11,13-14H,2,8-9H2,1H3. The summed E-state index contributed by atoms with van der Waals surface area (Å²) < 4.78 is 0. The van der Waals surface area contributed by atoms with Crippen LogP contribution in [0.2, 0.25) is 0 Å². The molecule has 1 aliphatic heterocycles. The van der Waals surface area contributed by atoms with Crippen molar-refractivity contribution in [1.82, 2.24) is 5.32 Å². The van der Waals surface area contributed by atoms with Crippen molar-refractivity contribution >= 4 is 0 Å². The van der Waals surface area contributed by atoms with Crippen LogP contribution in [0.5, 0.6) is 0 Å². The molecule has 2 N–H and O–H groups in total. The molecule has 2 rings (SSSR count). The summed E-state index contributed by atoms with van der Waals surface area (Å²) in [4.78, 5) is 0. The molecule has 0 aromatic heterocycles. The van der Waals surface area contributed by atoms with E-state index in [1.165, 1.54) is 0 Å². The van der Waals surface area contributed by atoms with E-state index in [1.54, 1.807) is 0 Å². The maximum absolute atomic E-state index is 10.4. The molecule has 2 heteroatoms. The van der Waals surface area contributed by atoms with Crippen LogP contribution in [-0.4, -0.2) is 17.7 Å². The van der Waals surface area contributed by atoms with Crippen molar-refractivity contribution in [2.24, 2.45) is 0 Å². The second-order valence-electron chi connectivity index (χ2n) is 4.09. The summed E-state index contributed by atoms with van der Waals surface area (Å²) in [5.41, 5.74) is 0.380. The van der Waals surface area contributed by atoms with Gasteiger partial charge in [0.1, 0.15) is 5.60 Å². The van der Waals surface area contributed by atoms with Crippen LogP contribution in [0, 0.1) is 0 Å². The molecule has 1 fully saturated rings. The Balaban J connectivity index is 2.19. The fourth-order valence-electron chi connectivity index (χ4n) is 2.12. The highest BCUT2D eigenvalue weighted by molar-refractivity contribution is 5.24. The number of rotatable bonds is 2. The van der Waals surface area contributed by atoms with Crippen molar-refractivity contribution in [3.63, 3.8) is 0 Å². The van der Waals surface area contributed by atoms with Crippen LogP contribution in [0.1, 0.15) is 25.3 Å². The van der Waals surface area contributed by atoms with Gasteiger partial charge in [0.15, 0.2) is 0 Å². The van der Waals surface area contributed by atoms with Crippen LogP contribution >= 0.6 is 0 Å². The third-order valence-electron chi connectivity index (χ3n) is 3.07. The van der Waals surface area contributed by atoms with E-state index in [9.17, 15) is 5.11 Å². The Morgan fingerprint density at radius 2 is 2.14 bits per heavy atom. The first-order valence-electron chi connectivity index (χ1n) is 5.26. The van der Waals surface area contributed by atoms with E-state index < -0.39 is 5.60 Å². The quantitative estimate of drug-likeness (QED) is 0.745. The number of hydrogen-bond donors (Lipinski definition) is 2. The second kappa shape index (κ2) is 3.71. The zero-order valence-electron chi connectivity index (χ0n) is 8.53. The summed E-state index contributed by atoms with van der Waals surface area (Å²) in [6.45, 7) is 2.82. The molecule has 0 saturated carbocycles.